The summed E-state index contributed by atoms with van der Waals surface area (Å²) >= 11 is 4.99. The molecule has 1 N–H and O–H groups in total. The summed E-state index contributed by atoms with van der Waals surface area (Å²) in [5, 5.41) is 2.38. The quantitative estimate of drug-likeness (QED) is 0.825. The van der Waals surface area contributed by atoms with Crippen molar-refractivity contribution in [2.75, 3.05) is 7.11 Å². The highest BCUT2D eigenvalue weighted by Crippen LogP contribution is 2.14. The average Bonchev–Trinajstić information content (AvgIpc) is 2.28. The number of rotatable bonds is 4. The molecule has 0 aromatic carbocycles. The first-order valence-corrected chi connectivity index (χ1v) is 5.07. The number of methoxy groups -OCH3 is 1. The van der Waals surface area contributed by atoms with Crippen LogP contribution in [0.3, 0.4) is 0 Å². The number of pyridine rings is 1. The van der Waals surface area contributed by atoms with Crippen LogP contribution in [0, 0.1) is 0 Å². The predicted molar refractivity (Wildman–Crippen MR) is 58.1 cm³/mol. The molecule has 0 fully saturated rings. The lowest BCUT2D eigenvalue weighted by Crippen LogP contribution is -2.31. The van der Waals surface area contributed by atoms with Crippen LogP contribution in [0.25, 0.3) is 0 Å². The highest BCUT2D eigenvalue weighted by molar-refractivity contribution is 6.29. The lowest BCUT2D eigenvalue weighted by atomic mass is 10.2. The first kappa shape index (κ1) is 12.7. The summed E-state index contributed by atoms with van der Waals surface area (Å²) in [5.41, 5.74) is -1.47. The number of carbonyl (C=O) groups excluding carboxylic acids is 1. The van der Waals surface area contributed by atoms with Gasteiger partial charge in [0.25, 0.3) is 11.5 Å². The minimum Gasteiger partial charge on any atom is -0.481 e. The second kappa shape index (κ2) is 5.65. The van der Waals surface area contributed by atoms with Crippen LogP contribution in [0.5, 0.6) is 5.88 Å². The Morgan fingerprint density at radius 3 is 2.88 bits per heavy atom. The molecule has 0 saturated carbocycles. The van der Waals surface area contributed by atoms with Crippen LogP contribution in [0.15, 0.2) is 18.2 Å². The summed E-state index contributed by atoms with van der Waals surface area (Å²) in [6.07, 6.45) is 0. The van der Waals surface area contributed by atoms with E-state index in [4.69, 9.17) is 16.3 Å². The maximum absolute atomic E-state index is 12.4. The normalized spacial score (nSPS) is 14.0. The highest BCUT2D eigenvalue weighted by atomic mass is 35.5. The molecule has 88 valence electrons. The zero-order valence-electron chi connectivity index (χ0n) is 8.91. The van der Waals surface area contributed by atoms with E-state index < -0.39 is 17.6 Å². The van der Waals surface area contributed by atoms with E-state index in [1.807, 2.05) is 0 Å². The largest absolute Gasteiger partial charge is 0.481 e. The summed E-state index contributed by atoms with van der Waals surface area (Å²) in [5.74, 6) is -0.444. The number of nitrogens with one attached hydrogen (secondary N) is 1. The molecule has 0 aliphatic heterocycles. The average molecular weight is 247 g/mol. The summed E-state index contributed by atoms with van der Waals surface area (Å²) in [7, 11) is 1.49. The lowest BCUT2D eigenvalue weighted by Gasteiger charge is -2.13. The molecule has 2 atom stereocenters. The Labute approximate surface area is 97.8 Å². The third kappa shape index (κ3) is 3.34. The van der Waals surface area contributed by atoms with Crippen molar-refractivity contribution in [1.82, 2.24) is 10.3 Å². The Morgan fingerprint density at radius 1 is 1.62 bits per heavy atom. The van der Waals surface area contributed by atoms with Crippen LogP contribution in [0.1, 0.15) is 18.7 Å². The van der Waals surface area contributed by atoms with Crippen molar-refractivity contribution in [2.24, 2.45) is 0 Å². The maximum atomic E-state index is 12.4. The van der Waals surface area contributed by atoms with E-state index in [-0.39, 0.29) is 0 Å². The van der Waals surface area contributed by atoms with E-state index in [2.05, 4.69) is 10.3 Å². The Hall–Kier alpha value is -1.36. The van der Waals surface area contributed by atoms with E-state index in [1.165, 1.54) is 7.11 Å². The molecule has 0 bridgehead atoms. The van der Waals surface area contributed by atoms with Crippen LogP contribution in [0.2, 0.25) is 0 Å². The summed E-state index contributed by atoms with van der Waals surface area (Å²) < 4.78 is 17.4. The Kier molecular flexibility index (Phi) is 4.49. The van der Waals surface area contributed by atoms with Crippen LogP contribution < -0.4 is 10.1 Å². The van der Waals surface area contributed by atoms with Crippen LogP contribution in [0.4, 0.5) is 4.39 Å². The van der Waals surface area contributed by atoms with Gasteiger partial charge in [0.1, 0.15) is 0 Å². The fourth-order valence-electron chi connectivity index (χ4n) is 1.14. The monoisotopic (exact) mass is 246 g/mol. The topological polar surface area (TPSA) is 51.2 Å². The highest BCUT2D eigenvalue weighted by Gasteiger charge is 2.17. The van der Waals surface area contributed by atoms with Gasteiger partial charge in [-0.25, -0.2) is 9.37 Å². The molecular weight excluding hydrogens is 235 g/mol. The van der Waals surface area contributed by atoms with E-state index in [1.54, 1.807) is 25.1 Å². The SMILES string of the molecule is COc1cccc(C(C)NC(=O)C(F)Cl)n1. The molecule has 1 rings (SSSR count). The Balaban J connectivity index is 2.72. The van der Waals surface area contributed by atoms with Gasteiger partial charge in [0.2, 0.25) is 5.88 Å². The fourth-order valence-corrected chi connectivity index (χ4v) is 1.20. The molecule has 1 heterocycles. The minimum atomic E-state index is -2.05. The second-order valence-electron chi connectivity index (χ2n) is 3.14. The van der Waals surface area contributed by atoms with Crippen LogP contribution >= 0.6 is 11.6 Å². The van der Waals surface area contributed by atoms with Gasteiger partial charge in [-0.1, -0.05) is 17.7 Å². The van der Waals surface area contributed by atoms with E-state index in [0.717, 1.165) is 0 Å². The van der Waals surface area contributed by atoms with Gasteiger partial charge in [0, 0.05) is 6.07 Å². The van der Waals surface area contributed by atoms with Gasteiger partial charge in [0.05, 0.1) is 18.8 Å². The Morgan fingerprint density at radius 2 is 2.31 bits per heavy atom. The molecule has 6 heteroatoms. The molecule has 16 heavy (non-hydrogen) atoms. The number of nitrogens with zero attached hydrogens (tertiary/aromatic N) is 1. The summed E-state index contributed by atoms with van der Waals surface area (Å²) in [6, 6.07) is 4.68. The van der Waals surface area contributed by atoms with Gasteiger partial charge < -0.3 is 10.1 Å². The lowest BCUT2D eigenvalue weighted by molar-refractivity contribution is -0.124. The molecule has 1 aromatic heterocycles. The van der Waals surface area contributed by atoms with E-state index in [9.17, 15) is 9.18 Å². The van der Waals surface area contributed by atoms with Crippen molar-refractivity contribution < 1.29 is 13.9 Å². The van der Waals surface area contributed by atoms with Crippen LogP contribution in [-0.4, -0.2) is 23.6 Å². The molecule has 0 aliphatic rings. The van der Waals surface area contributed by atoms with E-state index in [0.29, 0.717) is 11.6 Å². The van der Waals surface area contributed by atoms with Crippen LogP contribution in [-0.2, 0) is 4.79 Å². The van der Waals surface area contributed by atoms with Gasteiger partial charge in [-0.05, 0) is 13.0 Å². The number of ether oxygens (including phenoxy) is 1. The molecule has 4 nitrogen and oxygen atoms in total. The van der Waals surface area contributed by atoms with E-state index >= 15 is 0 Å². The zero-order chi connectivity index (χ0) is 12.1. The van der Waals surface area contributed by atoms with Crippen molar-refractivity contribution in [3.05, 3.63) is 23.9 Å². The van der Waals surface area contributed by atoms with Crippen molar-refractivity contribution in [3.8, 4) is 5.88 Å². The predicted octanol–water partition coefficient (Wildman–Crippen LogP) is 1.80. The molecule has 0 spiro atoms. The summed E-state index contributed by atoms with van der Waals surface area (Å²) in [6.45, 7) is 1.68. The van der Waals surface area contributed by atoms with Gasteiger partial charge >= 0.3 is 0 Å². The minimum absolute atomic E-state index is 0.431. The van der Waals surface area contributed by atoms with Gasteiger partial charge in [-0.3, -0.25) is 4.79 Å². The van der Waals surface area contributed by atoms with Crippen molar-refractivity contribution in [2.45, 2.75) is 18.6 Å². The fraction of sp³-hybridized carbons (Fsp3) is 0.400. The maximum Gasteiger partial charge on any atom is 0.270 e. The standard InChI is InChI=1S/C10H12ClFN2O2/c1-6(13-10(15)9(11)12)7-4-3-5-8(14-7)16-2/h3-6,9H,1-2H3,(H,13,15). The van der Waals surface area contributed by atoms with Gasteiger partial charge in [0.15, 0.2) is 0 Å². The number of carbonyl (C=O) groups is 1. The third-order valence-corrected chi connectivity index (χ3v) is 2.15. The van der Waals surface area contributed by atoms with Crippen molar-refractivity contribution in [3.63, 3.8) is 0 Å². The smallest absolute Gasteiger partial charge is 0.270 e. The second-order valence-corrected chi connectivity index (χ2v) is 3.52. The molecule has 0 radical (unpaired) electrons. The summed E-state index contributed by atoms with van der Waals surface area (Å²) in [4.78, 5) is 15.1. The Bertz CT molecular complexity index is 374. The van der Waals surface area contributed by atoms with Crippen molar-refractivity contribution in [1.29, 1.82) is 0 Å². The third-order valence-electron chi connectivity index (χ3n) is 1.95. The number of halogens is 2. The molecular formula is C10H12ClFN2O2. The molecule has 0 saturated heterocycles. The van der Waals surface area contributed by atoms with Gasteiger partial charge in [-0.2, -0.15) is 0 Å². The number of alkyl halides is 2. The molecule has 1 aromatic rings. The molecule has 0 aliphatic carbocycles. The number of aromatic nitrogens is 1. The number of amides is 1. The zero-order valence-corrected chi connectivity index (χ0v) is 9.66. The molecule has 1 amide bonds. The number of hydrogen-bond donors (Lipinski definition) is 1. The number of hydrogen-bond acceptors (Lipinski definition) is 3. The first-order valence-electron chi connectivity index (χ1n) is 4.64. The van der Waals surface area contributed by atoms with Gasteiger partial charge in [-0.15, -0.1) is 0 Å². The molecule has 2 unspecified atom stereocenters. The first-order chi connectivity index (χ1) is 7.54. The van der Waals surface area contributed by atoms with Crippen molar-refractivity contribution >= 4 is 17.5 Å².